The van der Waals surface area contributed by atoms with Crippen molar-refractivity contribution in [3.8, 4) is 0 Å². The van der Waals surface area contributed by atoms with E-state index in [9.17, 15) is 0 Å². The summed E-state index contributed by atoms with van der Waals surface area (Å²) >= 11 is 5.07. The Morgan fingerprint density at radius 2 is 1.76 bits per heavy atom. The second-order valence-electron chi connectivity index (χ2n) is 5.25. The molecule has 0 aliphatic heterocycles. The molecule has 3 aromatic rings. The zero-order chi connectivity index (χ0) is 14.8. The zero-order valence-electron chi connectivity index (χ0n) is 12.0. The molecular formula is C18H18N2S. The van der Waals surface area contributed by atoms with Gasteiger partial charge in [-0.2, -0.15) is 0 Å². The Morgan fingerprint density at radius 3 is 2.43 bits per heavy atom. The molecule has 0 aliphatic carbocycles. The van der Waals surface area contributed by atoms with Crippen molar-refractivity contribution in [2.45, 2.75) is 19.9 Å². The molecule has 21 heavy (non-hydrogen) atoms. The lowest BCUT2D eigenvalue weighted by Gasteiger charge is -2.08. The number of aromatic nitrogens is 1. The number of benzene rings is 2. The molecule has 2 aromatic carbocycles. The predicted octanol–water partition coefficient (Wildman–Crippen LogP) is 3.89. The molecule has 0 fully saturated rings. The highest BCUT2D eigenvalue weighted by molar-refractivity contribution is 7.80. The third-order valence-corrected chi connectivity index (χ3v) is 4.08. The lowest BCUT2D eigenvalue weighted by Crippen LogP contribution is -2.09. The highest BCUT2D eigenvalue weighted by Gasteiger charge is 2.05. The minimum Gasteiger partial charge on any atom is -0.389 e. The Kier molecular flexibility index (Phi) is 3.76. The fraction of sp³-hybridized carbons (Fsp3) is 0.167. The van der Waals surface area contributed by atoms with Gasteiger partial charge in [0.2, 0.25) is 0 Å². The van der Waals surface area contributed by atoms with Crippen LogP contribution in [-0.2, 0) is 13.0 Å². The predicted molar refractivity (Wildman–Crippen MR) is 92.7 cm³/mol. The number of hydrogen-bond acceptors (Lipinski definition) is 1. The van der Waals surface area contributed by atoms with Gasteiger partial charge in [0.05, 0.1) is 0 Å². The van der Waals surface area contributed by atoms with E-state index in [1.807, 2.05) is 6.07 Å². The average molecular weight is 294 g/mol. The van der Waals surface area contributed by atoms with Crippen molar-refractivity contribution in [1.82, 2.24) is 4.57 Å². The quantitative estimate of drug-likeness (QED) is 0.740. The molecule has 106 valence electrons. The maximum absolute atomic E-state index is 5.73. The summed E-state index contributed by atoms with van der Waals surface area (Å²) in [6, 6.07) is 17.0. The molecule has 1 aromatic heterocycles. The molecule has 0 aliphatic rings. The largest absolute Gasteiger partial charge is 0.389 e. The van der Waals surface area contributed by atoms with Crippen LogP contribution in [0.5, 0.6) is 0 Å². The van der Waals surface area contributed by atoms with Gasteiger partial charge in [-0.25, -0.2) is 0 Å². The molecular weight excluding hydrogens is 276 g/mol. The van der Waals surface area contributed by atoms with Gasteiger partial charge in [0.15, 0.2) is 0 Å². The van der Waals surface area contributed by atoms with E-state index in [2.05, 4.69) is 60.2 Å². The van der Waals surface area contributed by atoms with Gasteiger partial charge >= 0.3 is 0 Å². The van der Waals surface area contributed by atoms with Crippen LogP contribution in [0.25, 0.3) is 10.9 Å². The van der Waals surface area contributed by atoms with E-state index in [0.29, 0.717) is 4.99 Å². The van der Waals surface area contributed by atoms with Gasteiger partial charge in [-0.05, 0) is 35.1 Å². The SMILES string of the molecule is CCc1ccc(Cn2ccc3ccc(C(N)=S)cc32)cc1. The fourth-order valence-electron chi connectivity index (χ4n) is 2.55. The minimum atomic E-state index is 0.442. The molecule has 0 bridgehead atoms. The normalized spacial score (nSPS) is 10.9. The molecule has 2 nitrogen and oxygen atoms in total. The van der Waals surface area contributed by atoms with E-state index in [0.717, 1.165) is 18.5 Å². The lowest BCUT2D eigenvalue weighted by molar-refractivity contribution is 0.836. The standard InChI is InChI=1S/C18H18N2S/c1-2-13-3-5-14(6-4-13)12-20-10-9-15-7-8-16(18(19)21)11-17(15)20/h3-11H,2,12H2,1H3,(H2,19,21). The van der Waals surface area contributed by atoms with Crippen molar-refractivity contribution in [2.75, 3.05) is 0 Å². The highest BCUT2D eigenvalue weighted by atomic mass is 32.1. The van der Waals surface area contributed by atoms with Crippen LogP contribution in [0.15, 0.2) is 54.7 Å². The van der Waals surface area contributed by atoms with Crippen LogP contribution in [0, 0.1) is 0 Å². The number of aryl methyl sites for hydroxylation is 1. The number of thiocarbonyl (C=S) groups is 1. The van der Waals surface area contributed by atoms with Gasteiger partial charge < -0.3 is 10.3 Å². The summed E-state index contributed by atoms with van der Waals surface area (Å²) in [5.41, 5.74) is 10.5. The van der Waals surface area contributed by atoms with Crippen molar-refractivity contribution < 1.29 is 0 Å². The minimum absolute atomic E-state index is 0.442. The molecule has 0 atom stereocenters. The molecule has 0 amide bonds. The van der Waals surface area contributed by atoms with Crippen LogP contribution in [0.2, 0.25) is 0 Å². The Morgan fingerprint density at radius 1 is 1.05 bits per heavy atom. The van der Waals surface area contributed by atoms with Crippen LogP contribution < -0.4 is 5.73 Å². The van der Waals surface area contributed by atoms with Gasteiger partial charge in [-0.15, -0.1) is 0 Å². The van der Waals surface area contributed by atoms with Crippen molar-refractivity contribution in [2.24, 2.45) is 5.73 Å². The van der Waals surface area contributed by atoms with Crippen molar-refractivity contribution in [3.05, 3.63) is 71.4 Å². The van der Waals surface area contributed by atoms with Crippen molar-refractivity contribution in [1.29, 1.82) is 0 Å². The van der Waals surface area contributed by atoms with E-state index in [-0.39, 0.29) is 0 Å². The molecule has 1 heterocycles. The molecule has 3 heteroatoms. The molecule has 0 saturated heterocycles. The maximum Gasteiger partial charge on any atom is 0.104 e. The summed E-state index contributed by atoms with van der Waals surface area (Å²) in [5.74, 6) is 0. The lowest BCUT2D eigenvalue weighted by atomic mass is 10.1. The van der Waals surface area contributed by atoms with E-state index < -0.39 is 0 Å². The third kappa shape index (κ3) is 2.83. The molecule has 3 rings (SSSR count). The first-order valence-electron chi connectivity index (χ1n) is 7.14. The summed E-state index contributed by atoms with van der Waals surface area (Å²) in [6.45, 7) is 3.03. The Balaban J connectivity index is 1.95. The van der Waals surface area contributed by atoms with Crippen molar-refractivity contribution >= 4 is 28.1 Å². The second-order valence-corrected chi connectivity index (χ2v) is 5.69. The summed E-state index contributed by atoms with van der Waals surface area (Å²) in [7, 11) is 0. The van der Waals surface area contributed by atoms with E-state index in [1.54, 1.807) is 0 Å². The topological polar surface area (TPSA) is 30.9 Å². The Labute approximate surface area is 130 Å². The van der Waals surface area contributed by atoms with Crippen LogP contribution in [-0.4, -0.2) is 9.56 Å². The maximum atomic E-state index is 5.73. The second kappa shape index (κ2) is 5.70. The smallest absolute Gasteiger partial charge is 0.104 e. The molecule has 0 saturated carbocycles. The first-order chi connectivity index (χ1) is 10.2. The van der Waals surface area contributed by atoms with Gasteiger partial charge in [0.1, 0.15) is 4.99 Å². The van der Waals surface area contributed by atoms with E-state index in [4.69, 9.17) is 18.0 Å². The van der Waals surface area contributed by atoms with Crippen LogP contribution >= 0.6 is 12.2 Å². The number of rotatable bonds is 4. The molecule has 0 spiro atoms. The fourth-order valence-corrected chi connectivity index (χ4v) is 2.68. The van der Waals surface area contributed by atoms with Crippen LogP contribution in [0.4, 0.5) is 0 Å². The number of hydrogen-bond donors (Lipinski definition) is 1. The summed E-state index contributed by atoms with van der Waals surface area (Å²) in [6.07, 6.45) is 3.19. The Hall–Kier alpha value is -2.13. The third-order valence-electron chi connectivity index (χ3n) is 3.84. The number of nitrogens with zero attached hydrogens (tertiary/aromatic N) is 1. The summed E-state index contributed by atoms with van der Waals surface area (Å²) < 4.78 is 2.23. The monoisotopic (exact) mass is 294 g/mol. The zero-order valence-corrected chi connectivity index (χ0v) is 12.9. The van der Waals surface area contributed by atoms with Crippen LogP contribution in [0.1, 0.15) is 23.6 Å². The van der Waals surface area contributed by atoms with Gasteiger partial charge in [-0.3, -0.25) is 0 Å². The molecule has 0 unspecified atom stereocenters. The Bertz CT molecular complexity index is 785. The first kappa shape index (κ1) is 13.8. The molecule has 0 radical (unpaired) electrons. The highest BCUT2D eigenvalue weighted by Crippen LogP contribution is 2.19. The van der Waals surface area contributed by atoms with Gasteiger partial charge in [0, 0.05) is 23.8 Å². The van der Waals surface area contributed by atoms with Gasteiger partial charge in [0.25, 0.3) is 0 Å². The van der Waals surface area contributed by atoms with Gasteiger partial charge in [-0.1, -0.05) is 55.5 Å². The van der Waals surface area contributed by atoms with Crippen LogP contribution in [0.3, 0.4) is 0 Å². The van der Waals surface area contributed by atoms with Crippen molar-refractivity contribution in [3.63, 3.8) is 0 Å². The molecule has 2 N–H and O–H groups in total. The summed E-state index contributed by atoms with van der Waals surface area (Å²) in [4.78, 5) is 0.442. The number of nitrogens with two attached hydrogens (primary N) is 1. The average Bonchev–Trinajstić information content (AvgIpc) is 2.90. The summed E-state index contributed by atoms with van der Waals surface area (Å²) in [5, 5.41) is 1.21. The van der Waals surface area contributed by atoms with E-state index >= 15 is 0 Å². The first-order valence-corrected chi connectivity index (χ1v) is 7.54. The number of fused-ring (bicyclic) bond motifs is 1. The van der Waals surface area contributed by atoms with E-state index in [1.165, 1.54) is 22.0 Å².